The van der Waals surface area contributed by atoms with Gasteiger partial charge < -0.3 is 10.1 Å². The molecule has 166 valence electrons. The van der Waals surface area contributed by atoms with E-state index >= 15 is 0 Å². The number of methoxy groups -OCH3 is 1. The second-order valence-corrected chi connectivity index (χ2v) is 6.97. The van der Waals surface area contributed by atoms with Crippen LogP contribution in [0, 0.1) is 5.82 Å². The van der Waals surface area contributed by atoms with E-state index in [0.29, 0.717) is 6.20 Å². The zero-order valence-electron chi connectivity index (χ0n) is 15.6. The number of alkyl halides is 5. The molecule has 0 atom stereocenters. The Morgan fingerprint density at radius 2 is 1.97 bits per heavy atom. The van der Waals surface area contributed by atoms with Crippen molar-refractivity contribution in [1.82, 2.24) is 19.6 Å². The van der Waals surface area contributed by atoms with E-state index < -0.39 is 52.7 Å². The number of carbonyl (C=O) groups is 1. The predicted octanol–water partition coefficient (Wildman–Crippen LogP) is 4.72. The molecule has 0 radical (unpaired) electrons. The number of hydrogen-bond acceptors (Lipinski definition) is 4. The topological polar surface area (TPSA) is 74.0 Å². The van der Waals surface area contributed by atoms with Crippen molar-refractivity contribution in [2.24, 2.45) is 7.05 Å². The Balaban J connectivity index is 2.09. The van der Waals surface area contributed by atoms with Crippen LogP contribution in [-0.4, -0.2) is 32.6 Å². The second-order valence-electron chi connectivity index (χ2n) is 6.11. The van der Waals surface area contributed by atoms with Crippen molar-refractivity contribution in [2.45, 2.75) is 12.6 Å². The molecule has 14 heteroatoms. The van der Waals surface area contributed by atoms with Gasteiger partial charge in [0, 0.05) is 23.8 Å². The van der Waals surface area contributed by atoms with E-state index in [0.717, 1.165) is 16.9 Å². The maximum Gasteiger partial charge on any atom is 0.435 e. The molecular formula is C17H12BrF6N5O2. The van der Waals surface area contributed by atoms with Gasteiger partial charge in [0.1, 0.15) is 17.1 Å². The van der Waals surface area contributed by atoms with Crippen LogP contribution in [0.4, 0.5) is 32.0 Å². The van der Waals surface area contributed by atoms with Crippen LogP contribution in [0.1, 0.15) is 28.2 Å². The van der Waals surface area contributed by atoms with E-state index in [-0.39, 0.29) is 14.9 Å². The van der Waals surface area contributed by atoms with Crippen molar-refractivity contribution in [3.8, 4) is 11.4 Å². The maximum atomic E-state index is 14.5. The highest BCUT2D eigenvalue weighted by molar-refractivity contribution is 9.10. The number of benzene rings is 1. The van der Waals surface area contributed by atoms with Crippen LogP contribution in [0.15, 0.2) is 29.0 Å². The summed E-state index contributed by atoms with van der Waals surface area (Å²) in [5.41, 5.74) is -4.49. The molecule has 1 aromatic carbocycles. The zero-order chi connectivity index (χ0) is 23.1. The third kappa shape index (κ3) is 4.38. The van der Waals surface area contributed by atoms with Gasteiger partial charge in [-0.25, -0.2) is 17.9 Å². The highest BCUT2D eigenvalue weighted by Crippen LogP contribution is 2.39. The number of carbonyl (C=O) groups excluding carboxylic acids is 1. The molecular weight excluding hydrogens is 500 g/mol. The zero-order valence-corrected chi connectivity index (χ0v) is 17.2. The molecule has 3 rings (SSSR count). The first-order chi connectivity index (χ1) is 14.4. The smallest absolute Gasteiger partial charge is 0.435 e. The van der Waals surface area contributed by atoms with Crippen LogP contribution < -0.4 is 10.1 Å². The van der Waals surface area contributed by atoms with Crippen LogP contribution in [0.25, 0.3) is 5.69 Å². The number of hydrogen-bond donors (Lipinski definition) is 1. The molecule has 0 fully saturated rings. The molecule has 0 saturated carbocycles. The van der Waals surface area contributed by atoms with Crippen LogP contribution in [0.2, 0.25) is 0 Å². The van der Waals surface area contributed by atoms with Gasteiger partial charge in [0.25, 0.3) is 12.3 Å². The Bertz CT molecular complexity index is 1120. The minimum absolute atomic E-state index is 0.0403. The van der Waals surface area contributed by atoms with E-state index in [1.807, 2.05) is 5.32 Å². The standard InChI is InChI=1S/C17H12BrF6N5O2/c1-28-6-8(12(27-28)15(20)21)16(30)26-11-5-25-29(14(11)17(22,23)24)13-9(18)3-7(31-2)4-10(13)19/h3-6,15H,1-2H3,(H,26,30). The van der Waals surface area contributed by atoms with E-state index in [2.05, 4.69) is 26.1 Å². The maximum absolute atomic E-state index is 14.5. The average molecular weight is 512 g/mol. The van der Waals surface area contributed by atoms with Crippen molar-refractivity contribution >= 4 is 27.5 Å². The van der Waals surface area contributed by atoms with Crippen molar-refractivity contribution < 1.29 is 35.9 Å². The Morgan fingerprint density at radius 3 is 2.52 bits per heavy atom. The third-order valence-electron chi connectivity index (χ3n) is 4.03. The van der Waals surface area contributed by atoms with Crippen molar-refractivity contribution in [3.05, 3.63) is 51.8 Å². The molecule has 2 aromatic heterocycles. The van der Waals surface area contributed by atoms with Gasteiger partial charge >= 0.3 is 6.18 Å². The van der Waals surface area contributed by atoms with Crippen LogP contribution in [0.5, 0.6) is 5.75 Å². The summed E-state index contributed by atoms with van der Waals surface area (Å²) in [7, 11) is 2.52. The number of nitrogens with one attached hydrogen (secondary N) is 1. The van der Waals surface area contributed by atoms with Gasteiger partial charge in [0.15, 0.2) is 11.5 Å². The molecule has 31 heavy (non-hydrogen) atoms. The summed E-state index contributed by atoms with van der Waals surface area (Å²) < 4.78 is 87.9. The molecule has 0 unspecified atom stereocenters. The second kappa shape index (κ2) is 8.24. The van der Waals surface area contributed by atoms with Crippen LogP contribution in [0.3, 0.4) is 0 Å². The fourth-order valence-corrected chi connectivity index (χ4v) is 3.36. The Labute approximate surface area is 178 Å². The molecule has 1 amide bonds. The number of anilines is 1. The first-order valence-corrected chi connectivity index (χ1v) is 9.05. The van der Waals surface area contributed by atoms with Gasteiger partial charge in [-0.05, 0) is 22.0 Å². The third-order valence-corrected chi connectivity index (χ3v) is 4.64. The van der Waals surface area contributed by atoms with Crippen molar-refractivity contribution in [1.29, 1.82) is 0 Å². The van der Waals surface area contributed by atoms with E-state index in [4.69, 9.17) is 4.74 Å². The molecule has 3 aromatic rings. The summed E-state index contributed by atoms with van der Waals surface area (Å²) in [6, 6.07) is 2.08. The summed E-state index contributed by atoms with van der Waals surface area (Å²) in [6.07, 6.45) is -6.65. The van der Waals surface area contributed by atoms with Crippen LogP contribution >= 0.6 is 15.9 Å². The number of ether oxygens (including phenoxy) is 1. The van der Waals surface area contributed by atoms with Gasteiger partial charge in [0.05, 0.1) is 24.6 Å². The number of aromatic nitrogens is 4. The van der Waals surface area contributed by atoms with E-state index in [1.54, 1.807) is 0 Å². The number of halogens is 7. The molecule has 7 nitrogen and oxygen atoms in total. The molecule has 0 saturated heterocycles. The summed E-state index contributed by atoms with van der Waals surface area (Å²) >= 11 is 2.97. The van der Waals surface area contributed by atoms with Crippen molar-refractivity contribution in [2.75, 3.05) is 12.4 Å². The molecule has 0 aliphatic carbocycles. The van der Waals surface area contributed by atoms with E-state index in [9.17, 15) is 31.1 Å². The lowest BCUT2D eigenvalue weighted by Crippen LogP contribution is -2.20. The summed E-state index contributed by atoms with van der Waals surface area (Å²) in [6.45, 7) is 0. The molecule has 0 bridgehead atoms. The number of amides is 1. The number of rotatable bonds is 5. The highest BCUT2D eigenvalue weighted by Gasteiger charge is 2.40. The fourth-order valence-electron chi connectivity index (χ4n) is 2.78. The largest absolute Gasteiger partial charge is 0.497 e. The lowest BCUT2D eigenvalue weighted by molar-refractivity contribution is -0.142. The summed E-state index contributed by atoms with van der Waals surface area (Å²) in [5, 5.41) is 8.88. The van der Waals surface area contributed by atoms with Gasteiger partial charge in [-0.2, -0.15) is 23.4 Å². The van der Waals surface area contributed by atoms with Crippen LogP contribution in [-0.2, 0) is 13.2 Å². The molecule has 1 N–H and O–H groups in total. The lowest BCUT2D eigenvalue weighted by atomic mass is 10.2. The normalized spacial score (nSPS) is 11.8. The first kappa shape index (κ1) is 22.7. The monoisotopic (exact) mass is 511 g/mol. The minimum Gasteiger partial charge on any atom is -0.497 e. The first-order valence-electron chi connectivity index (χ1n) is 8.25. The minimum atomic E-state index is -5.09. The lowest BCUT2D eigenvalue weighted by Gasteiger charge is -2.15. The quantitative estimate of drug-likeness (QED) is 0.503. The molecule has 0 aliphatic heterocycles. The average Bonchev–Trinajstić information content (AvgIpc) is 3.24. The van der Waals surface area contributed by atoms with Crippen molar-refractivity contribution in [3.63, 3.8) is 0 Å². The number of aryl methyl sites for hydroxylation is 1. The fraction of sp³-hybridized carbons (Fsp3) is 0.235. The van der Waals surface area contributed by atoms with E-state index in [1.165, 1.54) is 20.2 Å². The summed E-state index contributed by atoms with van der Waals surface area (Å²) in [5.74, 6) is -2.31. The Morgan fingerprint density at radius 1 is 1.29 bits per heavy atom. The van der Waals surface area contributed by atoms with Gasteiger partial charge in [-0.3, -0.25) is 9.48 Å². The van der Waals surface area contributed by atoms with Gasteiger partial charge in [0.2, 0.25) is 0 Å². The Hall–Kier alpha value is -3.03. The molecule has 2 heterocycles. The van der Waals surface area contributed by atoms with Gasteiger partial charge in [-0.1, -0.05) is 0 Å². The Kier molecular flexibility index (Phi) is 6.02. The molecule has 0 aliphatic rings. The SMILES string of the molecule is COc1cc(F)c(-n2ncc(NC(=O)c3cn(C)nc3C(F)F)c2C(F)(F)F)c(Br)c1. The summed E-state index contributed by atoms with van der Waals surface area (Å²) in [4.78, 5) is 12.4. The highest BCUT2D eigenvalue weighted by atomic mass is 79.9. The van der Waals surface area contributed by atoms with Gasteiger partial charge in [-0.15, -0.1) is 0 Å². The predicted molar refractivity (Wildman–Crippen MR) is 98.9 cm³/mol. The molecule has 0 spiro atoms. The number of nitrogens with zero attached hydrogens (tertiary/aromatic N) is 4.